The first-order valence-corrected chi connectivity index (χ1v) is 9.90. The Balaban J connectivity index is 0.000000255. The lowest BCUT2D eigenvalue weighted by Gasteiger charge is -2.12. The summed E-state index contributed by atoms with van der Waals surface area (Å²) in [4.78, 5) is 21.8. The lowest BCUT2D eigenvalue weighted by molar-refractivity contribution is -0.124. The van der Waals surface area contributed by atoms with Crippen molar-refractivity contribution in [3.05, 3.63) is 20.8 Å². The predicted molar refractivity (Wildman–Crippen MR) is 96.7 cm³/mol. The number of nitrogens with zero attached hydrogens (tertiary/aromatic N) is 2. The van der Waals surface area contributed by atoms with E-state index in [2.05, 4.69) is 6.92 Å². The lowest BCUT2D eigenvalue weighted by Crippen LogP contribution is -2.19. The third kappa shape index (κ3) is 7.70. The fourth-order valence-corrected chi connectivity index (χ4v) is 4.00. The number of aryl methyl sites for hydroxylation is 1. The highest BCUT2D eigenvalue weighted by molar-refractivity contribution is 7.97. The smallest absolute Gasteiger partial charge is 0.261 e. The molecule has 0 aromatic carbocycles. The topological polar surface area (TPSA) is 42.3 Å². The summed E-state index contributed by atoms with van der Waals surface area (Å²) in [6.07, 6.45) is 8.57. The number of halogens is 1. The average Bonchev–Trinajstić information content (AvgIpc) is 3.00. The molecule has 1 aliphatic rings. The zero-order valence-electron chi connectivity index (χ0n) is 13.3. The van der Waals surface area contributed by atoms with Gasteiger partial charge in [0.25, 0.3) is 5.56 Å². The standard InChI is InChI=1S/C11H21NOS.C4H4ClNOS/c1-2-3-4-5-6-7-9-12-11(13)8-10-14-12;1-6-4(7)2-3(5)8-6/h2-10H2,1H3;2H,1H3. The number of carbonyl (C=O) groups excluding carboxylic acids is 1. The molecule has 0 bridgehead atoms. The van der Waals surface area contributed by atoms with Gasteiger partial charge in [0, 0.05) is 31.8 Å². The van der Waals surface area contributed by atoms with Gasteiger partial charge in [-0.1, -0.05) is 50.6 Å². The first kappa shape index (κ1) is 19.6. The maximum absolute atomic E-state index is 11.2. The Bertz CT molecular complexity index is 502. The molecular weight excluding hydrogens is 340 g/mol. The van der Waals surface area contributed by atoms with E-state index in [0.717, 1.165) is 18.7 Å². The number of aromatic nitrogens is 1. The van der Waals surface area contributed by atoms with Crippen LogP contribution >= 0.6 is 35.1 Å². The zero-order valence-corrected chi connectivity index (χ0v) is 15.7. The molecule has 0 aliphatic carbocycles. The summed E-state index contributed by atoms with van der Waals surface area (Å²) >= 11 is 8.40. The van der Waals surface area contributed by atoms with Gasteiger partial charge in [-0.05, 0) is 29.9 Å². The highest BCUT2D eigenvalue weighted by atomic mass is 35.5. The van der Waals surface area contributed by atoms with Crippen molar-refractivity contribution in [1.82, 2.24) is 8.26 Å². The normalized spacial score (nSPS) is 14.1. The molecule has 1 aromatic heterocycles. The van der Waals surface area contributed by atoms with Gasteiger partial charge in [-0.25, -0.2) is 0 Å². The first-order valence-electron chi connectivity index (χ1n) is 7.80. The molecule has 0 saturated carbocycles. The predicted octanol–water partition coefficient (Wildman–Crippen LogP) is 4.33. The van der Waals surface area contributed by atoms with E-state index >= 15 is 0 Å². The van der Waals surface area contributed by atoms with Crippen LogP contribution in [0.2, 0.25) is 4.34 Å². The summed E-state index contributed by atoms with van der Waals surface area (Å²) in [6, 6.07) is 1.40. The van der Waals surface area contributed by atoms with E-state index in [-0.39, 0.29) is 5.56 Å². The van der Waals surface area contributed by atoms with E-state index in [0.29, 0.717) is 10.2 Å². The van der Waals surface area contributed by atoms with E-state index in [1.807, 2.05) is 4.31 Å². The summed E-state index contributed by atoms with van der Waals surface area (Å²) in [7, 11) is 1.68. The molecule has 1 aromatic rings. The summed E-state index contributed by atoms with van der Waals surface area (Å²) in [5.41, 5.74) is -0.0417. The molecule has 1 aliphatic heterocycles. The number of rotatable bonds is 7. The van der Waals surface area contributed by atoms with Gasteiger partial charge >= 0.3 is 0 Å². The van der Waals surface area contributed by atoms with Crippen LogP contribution in [0.25, 0.3) is 0 Å². The van der Waals surface area contributed by atoms with Crippen LogP contribution in [-0.4, -0.2) is 26.5 Å². The third-order valence-electron chi connectivity index (χ3n) is 3.33. The zero-order chi connectivity index (χ0) is 16.4. The molecule has 1 saturated heterocycles. The van der Waals surface area contributed by atoms with Gasteiger partial charge in [0.2, 0.25) is 5.91 Å². The lowest BCUT2D eigenvalue weighted by atomic mass is 10.1. The van der Waals surface area contributed by atoms with Crippen LogP contribution in [0.15, 0.2) is 10.9 Å². The Morgan fingerprint density at radius 1 is 1.18 bits per heavy atom. The van der Waals surface area contributed by atoms with Gasteiger partial charge in [0.1, 0.15) is 4.34 Å². The minimum absolute atomic E-state index is 0.0417. The van der Waals surface area contributed by atoms with E-state index in [1.54, 1.807) is 19.0 Å². The van der Waals surface area contributed by atoms with Crippen LogP contribution in [0, 0.1) is 0 Å². The van der Waals surface area contributed by atoms with Gasteiger partial charge < -0.3 is 0 Å². The molecule has 126 valence electrons. The minimum atomic E-state index is -0.0417. The van der Waals surface area contributed by atoms with Crippen molar-refractivity contribution in [2.75, 3.05) is 12.3 Å². The summed E-state index contributed by atoms with van der Waals surface area (Å²) in [5.74, 6) is 1.33. The fraction of sp³-hybridized carbons (Fsp3) is 0.733. The molecule has 22 heavy (non-hydrogen) atoms. The molecule has 7 heteroatoms. The maximum atomic E-state index is 11.2. The van der Waals surface area contributed by atoms with Gasteiger partial charge in [-0.15, -0.1) is 0 Å². The SMILES string of the molecule is CCCCCCCCN1SCCC1=O.Cn1sc(Cl)cc1=O. The van der Waals surface area contributed by atoms with Gasteiger partial charge in [-0.3, -0.25) is 17.9 Å². The Morgan fingerprint density at radius 3 is 2.32 bits per heavy atom. The first-order chi connectivity index (χ1) is 10.5. The Labute approximate surface area is 146 Å². The molecular formula is C15H25ClN2O2S2. The van der Waals surface area contributed by atoms with Crippen LogP contribution in [0.5, 0.6) is 0 Å². The molecule has 2 rings (SSSR count). The average molecular weight is 365 g/mol. The van der Waals surface area contributed by atoms with Crippen LogP contribution in [-0.2, 0) is 11.8 Å². The molecule has 0 N–H and O–H groups in total. The largest absolute Gasteiger partial charge is 0.286 e. The molecule has 1 fully saturated rings. The van der Waals surface area contributed by atoms with E-state index in [1.165, 1.54) is 60.1 Å². The van der Waals surface area contributed by atoms with Crippen LogP contribution in [0.1, 0.15) is 51.9 Å². The van der Waals surface area contributed by atoms with Crippen LogP contribution < -0.4 is 5.56 Å². The number of hydrogen-bond acceptors (Lipinski definition) is 4. The highest BCUT2D eigenvalue weighted by Gasteiger charge is 2.19. The van der Waals surface area contributed by atoms with E-state index in [4.69, 9.17) is 11.6 Å². The summed E-state index contributed by atoms with van der Waals surface area (Å²) < 4.78 is 3.96. The van der Waals surface area contributed by atoms with Crippen molar-refractivity contribution in [1.29, 1.82) is 0 Å². The quantitative estimate of drug-likeness (QED) is 0.534. The molecule has 1 amide bonds. The third-order valence-corrected chi connectivity index (χ3v) is 5.47. The van der Waals surface area contributed by atoms with Gasteiger partial charge in [0.15, 0.2) is 0 Å². The molecule has 0 radical (unpaired) electrons. The number of carbonyl (C=O) groups is 1. The summed E-state index contributed by atoms with van der Waals surface area (Å²) in [6.45, 7) is 3.20. The van der Waals surface area contributed by atoms with Gasteiger partial charge in [-0.2, -0.15) is 0 Å². The molecule has 0 unspecified atom stereocenters. The van der Waals surface area contributed by atoms with Crippen molar-refractivity contribution in [2.45, 2.75) is 51.9 Å². The molecule has 0 atom stereocenters. The number of unbranched alkanes of at least 4 members (excludes halogenated alkanes) is 5. The monoisotopic (exact) mass is 364 g/mol. The van der Waals surface area contributed by atoms with Crippen LogP contribution in [0.4, 0.5) is 0 Å². The Hall–Kier alpha value is -0.460. The molecule has 0 spiro atoms. The van der Waals surface area contributed by atoms with E-state index in [9.17, 15) is 9.59 Å². The van der Waals surface area contributed by atoms with Crippen LogP contribution in [0.3, 0.4) is 0 Å². The fourth-order valence-electron chi connectivity index (χ4n) is 2.05. The minimum Gasteiger partial charge on any atom is -0.286 e. The van der Waals surface area contributed by atoms with E-state index < -0.39 is 0 Å². The second-order valence-electron chi connectivity index (χ2n) is 5.22. The van der Waals surface area contributed by atoms with Crippen molar-refractivity contribution < 1.29 is 4.79 Å². The number of hydrogen-bond donors (Lipinski definition) is 0. The number of amides is 1. The van der Waals surface area contributed by atoms with Crippen molar-refractivity contribution in [3.8, 4) is 0 Å². The van der Waals surface area contributed by atoms with Crippen molar-refractivity contribution in [3.63, 3.8) is 0 Å². The molecule has 4 nitrogen and oxygen atoms in total. The summed E-state index contributed by atoms with van der Waals surface area (Å²) in [5, 5.41) is 0. The second-order valence-corrected chi connectivity index (χ2v) is 8.13. The maximum Gasteiger partial charge on any atom is 0.261 e. The van der Waals surface area contributed by atoms with Crippen molar-refractivity contribution >= 4 is 41.0 Å². The Morgan fingerprint density at radius 2 is 1.86 bits per heavy atom. The molecule has 2 heterocycles. The second kappa shape index (κ2) is 11.1. The van der Waals surface area contributed by atoms with Crippen molar-refractivity contribution in [2.24, 2.45) is 7.05 Å². The Kier molecular flexibility index (Phi) is 9.91. The van der Waals surface area contributed by atoms with Gasteiger partial charge in [0.05, 0.1) is 0 Å². The highest BCUT2D eigenvalue weighted by Crippen LogP contribution is 2.22.